The van der Waals surface area contributed by atoms with Gasteiger partial charge in [-0.1, -0.05) is 35.7 Å². The number of hydrogen-bond donors (Lipinski definition) is 3. The smallest absolute Gasteiger partial charge is 0.319 e. The number of halogens is 4. The second-order valence-electron chi connectivity index (χ2n) is 9.81. The predicted molar refractivity (Wildman–Crippen MR) is 142 cm³/mol. The van der Waals surface area contributed by atoms with Gasteiger partial charge in [0.2, 0.25) is 5.91 Å². The van der Waals surface area contributed by atoms with Crippen LogP contribution in [0, 0.1) is 17.6 Å². The van der Waals surface area contributed by atoms with Gasteiger partial charge >= 0.3 is 6.03 Å². The lowest BCUT2D eigenvalue weighted by atomic mass is 10.0. The average Bonchev–Trinajstić information content (AvgIpc) is 3.67. The summed E-state index contributed by atoms with van der Waals surface area (Å²) in [7, 11) is 0. The molecule has 37 heavy (non-hydrogen) atoms. The largest absolute Gasteiger partial charge is 0.356 e. The van der Waals surface area contributed by atoms with Crippen molar-refractivity contribution < 1.29 is 18.4 Å². The molecule has 0 unspecified atom stereocenters. The number of hydrogen-bond acceptors (Lipinski definition) is 3. The SMILES string of the molecule is O=C(Nc1ccc(F)cc1F)NC1CCN(CCCCCNC(=O)[C@@H]2C[C@H]2c2ccc(Cl)c(Cl)c2)CC1. The van der Waals surface area contributed by atoms with E-state index in [2.05, 4.69) is 20.9 Å². The van der Waals surface area contributed by atoms with Crippen molar-refractivity contribution in [3.63, 3.8) is 0 Å². The molecule has 2 atom stereocenters. The number of benzene rings is 2. The third kappa shape index (κ3) is 8.03. The van der Waals surface area contributed by atoms with Crippen molar-refractivity contribution in [1.82, 2.24) is 15.5 Å². The second-order valence-corrected chi connectivity index (χ2v) is 10.6. The monoisotopic (exact) mass is 552 g/mol. The molecular formula is C27H32Cl2F2N4O2. The first-order chi connectivity index (χ1) is 17.8. The minimum absolute atomic E-state index is 0.0175. The maximum absolute atomic E-state index is 13.7. The van der Waals surface area contributed by atoms with E-state index in [9.17, 15) is 18.4 Å². The highest BCUT2D eigenvalue weighted by Crippen LogP contribution is 2.48. The molecule has 1 saturated carbocycles. The van der Waals surface area contributed by atoms with Gasteiger partial charge in [-0.15, -0.1) is 0 Å². The minimum atomic E-state index is -0.801. The van der Waals surface area contributed by atoms with Crippen molar-refractivity contribution in [2.75, 3.05) is 31.5 Å². The van der Waals surface area contributed by atoms with Gasteiger partial charge in [0.15, 0.2) is 0 Å². The molecule has 2 aliphatic rings. The van der Waals surface area contributed by atoms with Crippen LogP contribution < -0.4 is 16.0 Å². The number of nitrogens with one attached hydrogen (secondary N) is 3. The van der Waals surface area contributed by atoms with Gasteiger partial charge < -0.3 is 20.9 Å². The van der Waals surface area contributed by atoms with Gasteiger partial charge in [0.25, 0.3) is 0 Å². The highest BCUT2D eigenvalue weighted by Gasteiger charge is 2.43. The molecule has 2 aromatic carbocycles. The Hall–Kier alpha value is -2.42. The Morgan fingerprint density at radius 3 is 2.49 bits per heavy atom. The standard InChI is InChI=1S/C27H32Cl2F2N4O2/c28-22-6-4-17(14-23(22)29)20-16-21(20)26(36)32-10-2-1-3-11-35-12-8-19(9-13-35)33-27(37)34-25-7-5-18(30)15-24(25)31/h4-7,14-15,19-21H,1-3,8-13,16H2,(H,32,36)(H2,33,34,37)/t20-,21+/m0/s1. The number of piperidine rings is 1. The molecule has 1 heterocycles. The number of carbonyl (C=O) groups excluding carboxylic acids is 2. The van der Waals surface area contributed by atoms with Gasteiger partial charge in [-0.05, 0) is 74.4 Å². The lowest BCUT2D eigenvalue weighted by Crippen LogP contribution is -2.46. The lowest BCUT2D eigenvalue weighted by Gasteiger charge is -2.32. The molecule has 0 aromatic heterocycles. The fourth-order valence-corrected chi connectivity index (χ4v) is 5.12. The first kappa shape index (κ1) is 27.6. The van der Waals surface area contributed by atoms with Crippen LogP contribution in [-0.4, -0.2) is 49.1 Å². The molecule has 2 aromatic rings. The summed E-state index contributed by atoms with van der Waals surface area (Å²) >= 11 is 12.1. The summed E-state index contributed by atoms with van der Waals surface area (Å²) in [6.45, 7) is 3.42. The summed E-state index contributed by atoms with van der Waals surface area (Å²) in [4.78, 5) is 26.9. The summed E-state index contributed by atoms with van der Waals surface area (Å²) in [6, 6.07) is 8.15. The number of nitrogens with zero attached hydrogens (tertiary/aromatic N) is 1. The van der Waals surface area contributed by atoms with Crippen LogP contribution in [0.5, 0.6) is 0 Å². The maximum Gasteiger partial charge on any atom is 0.319 e. The average molecular weight is 553 g/mol. The normalized spacial score (nSPS) is 19.9. The molecule has 0 spiro atoms. The lowest BCUT2D eigenvalue weighted by molar-refractivity contribution is -0.122. The van der Waals surface area contributed by atoms with E-state index in [-0.39, 0.29) is 29.5 Å². The number of unbranched alkanes of at least 4 members (excludes halogenated alkanes) is 2. The van der Waals surface area contributed by atoms with E-state index in [4.69, 9.17) is 23.2 Å². The Morgan fingerprint density at radius 2 is 1.76 bits per heavy atom. The topological polar surface area (TPSA) is 73.5 Å². The summed E-state index contributed by atoms with van der Waals surface area (Å²) < 4.78 is 26.7. The molecule has 6 nitrogen and oxygen atoms in total. The molecule has 10 heteroatoms. The van der Waals surface area contributed by atoms with E-state index in [1.54, 1.807) is 6.07 Å². The predicted octanol–water partition coefficient (Wildman–Crippen LogP) is 5.95. The van der Waals surface area contributed by atoms with Crippen LogP contribution in [0.4, 0.5) is 19.3 Å². The number of carbonyl (C=O) groups is 2. The van der Waals surface area contributed by atoms with Gasteiger partial charge in [0.05, 0.1) is 15.7 Å². The number of likely N-dealkylation sites (tertiary alicyclic amines) is 1. The van der Waals surface area contributed by atoms with Crippen molar-refractivity contribution in [1.29, 1.82) is 0 Å². The molecule has 3 amide bonds. The summed E-state index contributed by atoms with van der Waals surface area (Å²) in [5.74, 6) is -1.14. The van der Waals surface area contributed by atoms with Crippen molar-refractivity contribution in [3.8, 4) is 0 Å². The molecule has 0 radical (unpaired) electrons. The van der Waals surface area contributed by atoms with Crippen molar-refractivity contribution in [2.45, 2.75) is 50.5 Å². The van der Waals surface area contributed by atoms with Crippen LogP contribution in [0.1, 0.15) is 50.0 Å². The third-order valence-electron chi connectivity index (χ3n) is 7.05. The molecule has 0 bridgehead atoms. The molecule has 3 N–H and O–H groups in total. The molecule has 4 rings (SSSR count). The Balaban J connectivity index is 1.03. The fourth-order valence-electron chi connectivity index (χ4n) is 4.81. The van der Waals surface area contributed by atoms with E-state index >= 15 is 0 Å². The fraction of sp³-hybridized carbons (Fsp3) is 0.481. The molecule has 1 aliphatic heterocycles. The highest BCUT2D eigenvalue weighted by molar-refractivity contribution is 6.42. The maximum atomic E-state index is 13.7. The van der Waals surface area contributed by atoms with Crippen LogP contribution >= 0.6 is 23.2 Å². The number of anilines is 1. The van der Waals surface area contributed by atoms with Gasteiger partial charge in [-0.2, -0.15) is 0 Å². The van der Waals surface area contributed by atoms with Gasteiger partial charge in [0.1, 0.15) is 11.6 Å². The number of rotatable bonds is 10. The van der Waals surface area contributed by atoms with Crippen molar-refractivity contribution >= 4 is 40.8 Å². The van der Waals surface area contributed by atoms with Crippen LogP contribution in [0.25, 0.3) is 0 Å². The number of urea groups is 1. The molecule has 1 aliphatic carbocycles. The Kier molecular flexibility index (Phi) is 9.62. The van der Waals surface area contributed by atoms with Crippen molar-refractivity contribution in [3.05, 3.63) is 63.6 Å². The van der Waals surface area contributed by atoms with Crippen LogP contribution in [0.2, 0.25) is 10.0 Å². The highest BCUT2D eigenvalue weighted by atomic mass is 35.5. The zero-order valence-electron chi connectivity index (χ0n) is 20.5. The van der Waals surface area contributed by atoms with Gasteiger partial charge in [0, 0.05) is 37.7 Å². The van der Waals surface area contributed by atoms with Crippen molar-refractivity contribution in [2.24, 2.45) is 5.92 Å². The summed E-state index contributed by atoms with van der Waals surface area (Å²) in [5, 5.41) is 9.41. The molecule has 200 valence electrons. The van der Waals surface area contributed by atoms with E-state index in [0.29, 0.717) is 16.6 Å². The molecule has 2 fully saturated rings. The van der Waals surface area contributed by atoms with E-state index in [0.717, 1.165) is 75.9 Å². The third-order valence-corrected chi connectivity index (χ3v) is 7.79. The molecular weight excluding hydrogens is 521 g/mol. The first-order valence-corrected chi connectivity index (χ1v) is 13.5. The van der Waals surface area contributed by atoms with E-state index < -0.39 is 17.7 Å². The van der Waals surface area contributed by atoms with E-state index in [1.807, 2.05) is 12.1 Å². The van der Waals surface area contributed by atoms with Crippen LogP contribution in [-0.2, 0) is 4.79 Å². The zero-order chi connectivity index (χ0) is 26.4. The Morgan fingerprint density at radius 1 is 0.973 bits per heavy atom. The number of amides is 3. The van der Waals surface area contributed by atoms with E-state index in [1.165, 1.54) is 6.07 Å². The second kappa shape index (κ2) is 12.9. The van der Waals surface area contributed by atoms with Crippen LogP contribution in [0.3, 0.4) is 0 Å². The zero-order valence-corrected chi connectivity index (χ0v) is 22.1. The Bertz CT molecular complexity index is 1110. The van der Waals surface area contributed by atoms with Gasteiger partial charge in [-0.3, -0.25) is 4.79 Å². The quantitative estimate of drug-likeness (QED) is 0.319. The summed E-state index contributed by atoms with van der Waals surface area (Å²) in [6.07, 6.45) is 5.50. The molecule has 1 saturated heterocycles. The summed E-state index contributed by atoms with van der Waals surface area (Å²) in [5.41, 5.74) is 1.02. The van der Waals surface area contributed by atoms with Gasteiger partial charge in [-0.25, -0.2) is 13.6 Å². The van der Waals surface area contributed by atoms with Crippen LogP contribution in [0.15, 0.2) is 36.4 Å². The minimum Gasteiger partial charge on any atom is -0.356 e. The first-order valence-electron chi connectivity index (χ1n) is 12.8. The Labute approximate surface area is 226 Å².